The van der Waals surface area contributed by atoms with Crippen molar-refractivity contribution in [1.82, 2.24) is 14.8 Å². The van der Waals surface area contributed by atoms with Gasteiger partial charge in [-0.2, -0.15) is 0 Å². The summed E-state index contributed by atoms with van der Waals surface area (Å²) < 4.78 is 2.04. The molecule has 0 amide bonds. The first-order chi connectivity index (χ1) is 7.92. The summed E-state index contributed by atoms with van der Waals surface area (Å²) in [7, 11) is 2.01. The Morgan fingerprint density at radius 1 is 1.41 bits per heavy atom. The lowest BCUT2D eigenvalue weighted by Gasteiger charge is -2.41. The highest BCUT2D eigenvalue weighted by atomic mass is 32.2. The van der Waals surface area contributed by atoms with Crippen molar-refractivity contribution < 1.29 is 0 Å². The van der Waals surface area contributed by atoms with E-state index < -0.39 is 0 Å². The first-order valence-corrected chi connectivity index (χ1v) is 7.08. The van der Waals surface area contributed by atoms with E-state index in [2.05, 4.69) is 24.0 Å². The van der Waals surface area contributed by atoms with Crippen LogP contribution < -0.4 is 5.73 Å². The molecule has 1 aliphatic rings. The quantitative estimate of drug-likeness (QED) is 0.878. The fraction of sp³-hybridized carbons (Fsp3) is 0.833. The largest absolute Gasteiger partial charge is 0.326 e. The van der Waals surface area contributed by atoms with E-state index in [1.54, 1.807) is 11.8 Å². The minimum Gasteiger partial charge on any atom is -0.326 e. The second-order valence-electron chi connectivity index (χ2n) is 5.65. The lowest BCUT2D eigenvalue weighted by atomic mass is 9.73. The van der Waals surface area contributed by atoms with Crippen LogP contribution in [0.15, 0.2) is 5.16 Å². The molecule has 17 heavy (non-hydrogen) atoms. The Morgan fingerprint density at radius 3 is 2.71 bits per heavy atom. The van der Waals surface area contributed by atoms with E-state index in [1.165, 1.54) is 19.3 Å². The maximum Gasteiger partial charge on any atom is 0.191 e. The molecule has 1 aromatic heterocycles. The van der Waals surface area contributed by atoms with Gasteiger partial charge in [0.15, 0.2) is 5.16 Å². The van der Waals surface area contributed by atoms with Crippen LogP contribution in [0.1, 0.15) is 38.9 Å². The summed E-state index contributed by atoms with van der Waals surface area (Å²) in [5.41, 5.74) is 6.62. The van der Waals surface area contributed by atoms with Gasteiger partial charge in [0, 0.05) is 18.3 Å². The molecule has 1 fully saturated rings. The number of aromatic nitrogens is 3. The maximum absolute atomic E-state index is 6.38. The molecule has 1 aromatic rings. The topological polar surface area (TPSA) is 56.7 Å². The molecule has 2 unspecified atom stereocenters. The zero-order chi connectivity index (χ0) is 12.6. The number of nitrogens with two attached hydrogens (primary N) is 1. The normalized spacial score (nSPS) is 28.3. The summed E-state index contributed by atoms with van der Waals surface area (Å²) in [6.45, 7) is 6.51. The van der Waals surface area contributed by atoms with Gasteiger partial charge in [0.2, 0.25) is 0 Å². The summed E-state index contributed by atoms with van der Waals surface area (Å²) in [5.74, 6) is 0.955. The van der Waals surface area contributed by atoms with Gasteiger partial charge in [0.25, 0.3) is 0 Å². The molecular formula is C12H22N4S. The third kappa shape index (κ3) is 2.50. The average molecular weight is 254 g/mol. The number of rotatable bonds is 2. The van der Waals surface area contributed by atoms with Crippen molar-refractivity contribution in [3.05, 3.63) is 5.82 Å². The van der Waals surface area contributed by atoms with Crippen LogP contribution in [0.25, 0.3) is 0 Å². The Hall–Kier alpha value is -0.550. The number of hydrogen-bond donors (Lipinski definition) is 1. The molecule has 1 aliphatic carbocycles. The first kappa shape index (κ1) is 12.9. The molecule has 0 bridgehead atoms. The molecule has 0 saturated heterocycles. The van der Waals surface area contributed by atoms with Crippen LogP contribution in [0.3, 0.4) is 0 Å². The predicted octanol–water partition coefficient (Wildman–Crippen LogP) is 2.12. The molecule has 96 valence electrons. The van der Waals surface area contributed by atoms with Crippen molar-refractivity contribution in [2.45, 2.75) is 56.5 Å². The van der Waals surface area contributed by atoms with Gasteiger partial charge in [-0.3, -0.25) is 0 Å². The third-order valence-electron chi connectivity index (χ3n) is 3.92. The number of nitrogens with zero attached hydrogens (tertiary/aromatic N) is 3. The van der Waals surface area contributed by atoms with Crippen LogP contribution >= 0.6 is 11.8 Å². The van der Waals surface area contributed by atoms with Crippen molar-refractivity contribution in [2.24, 2.45) is 18.2 Å². The van der Waals surface area contributed by atoms with Crippen molar-refractivity contribution >= 4 is 11.8 Å². The smallest absolute Gasteiger partial charge is 0.191 e. The lowest BCUT2D eigenvalue weighted by molar-refractivity contribution is 0.208. The Balaban J connectivity index is 2.11. The second kappa shape index (κ2) is 4.61. The lowest BCUT2D eigenvalue weighted by Crippen LogP contribution is -2.48. The molecule has 2 rings (SSSR count). The minimum atomic E-state index is 0.234. The summed E-state index contributed by atoms with van der Waals surface area (Å²) >= 11 is 1.79. The second-order valence-corrected chi connectivity index (χ2v) is 6.86. The Morgan fingerprint density at radius 2 is 2.12 bits per heavy atom. The van der Waals surface area contributed by atoms with Gasteiger partial charge in [-0.25, -0.2) is 0 Å². The third-order valence-corrected chi connectivity index (χ3v) is 5.32. The fourth-order valence-electron chi connectivity index (χ4n) is 2.37. The monoisotopic (exact) mass is 254 g/mol. The van der Waals surface area contributed by atoms with Crippen LogP contribution in [0, 0.1) is 12.3 Å². The average Bonchev–Trinajstić information content (AvgIpc) is 2.56. The van der Waals surface area contributed by atoms with E-state index in [0.717, 1.165) is 11.0 Å². The summed E-state index contributed by atoms with van der Waals surface area (Å²) in [6.07, 6.45) is 3.67. The molecular weight excluding hydrogens is 232 g/mol. The van der Waals surface area contributed by atoms with E-state index in [0.29, 0.717) is 5.25 Å². The van der Waals surface area contributed by atoms with Crippen LogP contribution in [-0.4, -0.2) is 26.1 Å². The highest BCUT2D eigenvalue weighted by Gasteiger charge is 2.37. The van der Waals surface area contributed by atoms with Crippen molar-refractivity contribution in [3.63, 3.8) is 0 Å². The van der Waals surface area contributed by atoms with Crippen LogP contribution in [0.5, 0.6) is 0 Å². The van der Waals surface area contributed by atoms with Gasteiger partial charge in [-0.05, 0) is 25.2 Å². The number of thioether (sulfide) groups is 1. The van der Waals surface area contributed by atoms with Crippen LogP contribution in [0.2, 0.25) is 0 Å². The molecule has 1 saturated carbocycles. The minimum absolute atomic E-state index is 0.234. The van der Waals surface area contributed by atoms with Crippen molar-refractivity contribution in [3.8, 4) is 0 Å². The molecule has 2 N–H and O–H groups in total. The van der Waals surface area contributed by atoms with E-state index in [9.17, 15) is 0 Å². The highest BCUT2D eigenvalue weighted by Crippen LogP contribution is 2.41. The number of aryl methyl sites for hydroxylation is 1. The molecule has 5 heteroatoms. The summed E-state index contributed by atoms with van der Waals surface area (Å²) in [6, 6.07) is 0.234. The van der Waals surface area contributed by atoms with Gasteiger partial charge in [-0.15, -0.1) is 10.2 Å². The SMILES string of the molecule is Cc1nnc(SC2CCCC(C)(C)C2N)n1C. The van der Waals surface area contributed by atoms with Crippen LogP contribution in [-0.2, 0) is 7.05 Å². The Labute approximate surface area is 107 Å². The molecule has 2 atom stereocenters. The molecule has 1 heterocycles. The summed E-state index contributed by atoms with van der Waals surface area (Å²) in [5, 5.41) is 9.75. The van der Waals surface area contributed by atoms with Crippen molar-refractivity contribution in [2.75, 3.05) is 0 Å². The van der Waals surface area contributed by atoms with E-state index >= 15 is 0 Å². The molecule has 0 spiro atoms. The zero-order valence-corrected chi connectivity index (χ0v) is 11.9. The Kier molecular flexibility index (Phi) is 3.50. The van der Waals surface area contributed by atoms with Gasteiger partial charge in [0.1, 0.15) is 5.82 Å². The first-order valence-electron chi connectivity index (χ1n) is 6.20. The predicted molar refractivity (Wildman–Crippen MR) is 71.0 cm³/mol. The summed E-state index contributed by atoms with van der Waals surface area (Å²) in [4.78, 5) is 0. The number of hydrogen-bond acceptors (Lipinski definition) is 4. The highest BCUT2D eigenvalue weighted by molar-refractivity contribution is 7.99. The van der Waals surface area contributed by atoms with Crippen molar-refractivity contribution in [1.29, 1.82) is 0 Å². The Bertz CT molecular complexity index is 399. The zero-order valence-electron chi connectivity index (χ0n) is 11.1. The maximum atomic E-state index is 6.38. The van der Waals surface area contributed by atoms with Gasteiger partial charge in [0.05, 0.1) is 0 Å². The van der Waals surface area contributed by atoms with E-state index in [4.69, 9.17) is 5.73 Å². The van der Waals surface area contributed by atoms with Crippen LogP contribution in [0.4, 0.5) is 0 Å². The molecule has 0 radical (unpaired) electrons. The van der Waals surface area contributed by atoms with Gasteiger partial charge < -0.3 is 10.3 Å². The molecule has 0 aliphatic heterocycles. The molecule has 0 aromatic carbocycles. The van der Waals surface area contributed by atoms with Gasteiger partial charge >= 0.3 is 0 Å². The van der Waals surface area contributed by atoms with E-state index in [1.807, 2.05) is 18.5 Å². The van der Waals surface area contributed by atoms with E-state index in [-0.39, 0.29) is 11.5 Å². The standard InChI is InChI=1S/C12H22N4S/c1-8-14-15-11(16(8)4)17-9-6-5-7-12(2,3)10(9)13/h9-10H,5-7,13H2,1-4H3. The molecule has 4 nitrogen and oxygen atoms in total. The fourth-order valence-corrected chi connectivity index (χ4v) is 3.81. The van der Waals surface area contributed by atoms with Gasteiger partial charge in [-0.1, -0.05) is 32.0 Å².